The third kappa shape index (κ3) is 2.56. The van der Waals surface area contributed by atoms with E-state index in [1.807, 2.05) is 6.08 Å². The third-order valence-electron chi connectivity index (χ3n) is 4.95. The number of aliphatic carboxylic acids is 1. The highest BCUT2D eigenvalue weighted by Gasteiger charge is 2.56. The Balaban J connectivity index is 1.92. The number of carboxylic acids is 1. The van der Waals surface area contributed by atoms with Gasteiger partial charge < -0.3 is 14.7 Å². The SMILES string of the molecule is CC(C)(C)OC(=O)N1CCC[C@]12C=C[C@@H]1CC[C@@H](C(=O)O)N1C2=O. The van der Waals surface area contributed by atoms with Gasteiger partial charge in [0.05, 0.1) is 6.04 Å². The number of hydrogen-bond acceptors (Lipinski definition) is 4. The molecule has 3 aliphatic rings. The van der Waals surface area contributed by atoms with Crippen LogP contribution in [0.2, 0.25) is 0 Å². The van der Waals surface area contributed by atoms with Crippen LogP contribution < -0.4 is 0 Å². The van der Waals surface area contributed by atoms with E-state index in [0.717, 1.165) is 0 Å². The Morgan fingerprint density at radius 3 is 2.67 bits per heavy atom. The van der Waals surface area contributed by atoms with Gasteiger partial charge in [0.1, 0.15) is 17.2 Å². The fourth-order valence-corrected chi connectivity index (χ4v) is 3.93. The molecule has 7 nitrogen and oxygen atoms in total. The number of ether oxygens (including phenoxy) is 1. The molecule has 2 fully saturated rings. The van der Waals surface area contributed by atoms with E-state index in [-0.39, 0.29) is 11.9 Å². The number of nitrogens with zero attached hydrogens (tertiary/aromatic N) is 2. The van der Waals surface area contributed by atoms with Crippen LogP contribution >= 0.6 is 0 Å². The monoisotopic (exact) mass is 336 g/mol. The fraction of sp³-hybridized carbons (Fsp3) is 0.706. The van der Waals surface area contributed by atoms with Crippen LogP contribution in [0.4, 0.5) is 4.79 Å². The van der Waals surface area contributed by atoms with Crippen molar-refractivity contribution in [2.45, 2.75) is 69.7 Å². The maximum atomic E-state index is 13.2. The zero-order chi connectivity index (χ0) is 17.7. The molecule has 1 N–H and O–H groups in total. The van der Waals surface area contributed by atoms with Gasteiger partial charge in [-0.2, -0.15) is 0 Å². The summed E-state index contributed by atoms with van der Waals surface area (Å²) in [4.78, 5) is 40.2. The molecule has 0 unspecified atom stereocenters. The number of likely N-dealkylation sites (tertiary alicyclic amines) is 1. The molecule has 24 heavy (non-hydrogen) atoms. The van der Waals surface area contributed by atoms with E-state index in [1.54, 1.807) is 26.8 Å². The molecule has 2 amide bonds. The Bertz CT molecular complexity index is 609. The molecule has 0 radical (unpaired) electrons. The molecular weight excluding hydrogens is 312 g/mol. The molecule has 3 aliphatic heterocycles. The number of carboxylic acid groups (broad SMARTS) is 1. The van der Waals surface area contributed by atoms with Gasteiger partial charge in [-0.25, -0.2) is 9.59 Å². The largest absolute Gasteiger partial charge is 0.480 e. The summed E-state index contributed by atoms with van der Waals surface area (Å²) in [6, 6.07) is -1.00. The second-order valence-corrected chi connectivity index (χ2v) is 7.73. The van der Waals surface area contributed by atoms with Crippen LogP contribution in [0.15, 0.2) is 12.2 Å². The molecule has 3 atom stereocenters. The average molecular weight is 336 g/mol. The van der Waals surface area contributed by atoms with E-state index in [0.29, 0.717) is 32.2 Å². The topological polar surface area (TPSA) is 87.2 Å². The lowest BCUT2D eigenvalue weighted by atomic mass is 9.89. The molecule has 1 spiro atoms. The van der Waals surface area contributed by atoms with Gasteiger partial charge in [-0.1, -0.05) is 12.2 Å². The summed E-state index contributed by atoms with van der Waals surface area (Å²) in [6.07, 6.45) is 5.41. The minimum atomic E-state index is -1.10. The van der Waals surface area contributed by atoms with Crippen LogP contribution in [0.1, 0.15) is 46.5 Å². The summed E-state index contributed by atoms with van der Waals surface area (Å²) < 4.78 is 5.45. The van der Waals surface area contributed by atoms with Crippen molar-refractivity contribution in [1.82, 2.24) is 9.80 Å². The first kappa shape index (κ1) is 16.8. The number of rotatable bonds is 1. The number of carbonyl (C=O) groups excluding carboxylic acids is 2. The summed E-state index contributed by atoms with van der Waals surface area (Å²) in [7, 11) is 0. The highest BCUT2D eigenvalue weighted by molar-refractivity contribution is 5.97. The van der Waals surface area contributed by atoms with Crippen molar-refractivity contribution in [2.75, 3.05) is 6.54 Å². The van der Waals surface area contributed by atoms with Crippen molar-refractivity contribution in [3.8, 4) is 0 Å². The lowest BCUT2D eigenvalue weighted by Crippen LogP contribution is -2.62. The molecule has 0 aliphatic carbocycles. The lowest BCUT2D eigenvalue weighted by molar-refractivity contribution is -0.153. The number of amides is 2. The van der Waals surface area contributed by atoms with Gasteiger partial charge in [0.2, 0.25) is 0 Å². The maximum absolute atomic E-state index is 13.2. The molecule has 0 saturated carbocycles. The van der Waals surface area contributed by atoms with E-state index in [4.69, 9.17) is 4.74 Å². The Morgan fingerprint density at radius 2 is 2.04 bits per heavy atom. The summed E-state index contributed by atoms with van der Waals surface area (Å²) in [5, 5.41) is 9.41. The van der Waals surface area contributed by atoms with Crippen molar-refractivity contribution >= 4 is 18.0 Å². The Hall–Kier alpha value is -2.05. The first-order chi connectivity index (χ1) is 11.2. The van der Waals surface area contributed by atoms with Crippen molar-refractivity contribution in [2.24, 2.45) is 0 Å². The van der Waals surface area contributed by atoms with Gasteiger partial charge in [-0.05, 0) is 46.5 Å². The first-order valence-corrected chi connectivity index (χ1v) is 8.41. The molecule has 132 valence electrons. The van der Waals surface area contributed by atoms with E-state index >= 15 is 0 Å². The normalized spacial score (nSPS) is 32.4. The summed E-state index contributed by atoms with van der Waals surface area (Å²) in [5.74, 6) is -1.28. The maximum Gasteiger partial charge on any atom is 0.411 e. The van der Waals surface area contributed by atoms with Crippen LogP contribution in [-0.2, 0) is 14.3 Å². The van der Waals surface area contributed by atoms with Crippen LogP contribution in [0, 0.1) is 0 Å². The van der Waals surface area contributed by atoms with Crippen LogP contribution in [-0.4, -0.2) is 62.6 Å². The van der Waals surface area contributed by atoms with E-state index in [2.05, 4.69) is 0 Å². The highest BCUT2D eigenvalue weighted by atomic mass is 16.6. The number of fused-ring (bicyclic) bond motifs is 1. The van der Waals surface area contributed by atoms with Gasteiger partial charge in [0.15, 0.2) is 0 Å². The van der Waals surface area contributed by atoms with Gasteiger partial charge >= 0.3 is 12.1 Å². The van der Waals surface area contributed by atoms with Gasteiger partial charge in [-0.15, -0.1) is 0 Å². The van der Waals surface area contributed by atoms with E-state index in [1.165, 1.54) is 9.80 Å². The van der Waals surface area contributed by atoms with Gasteiger partial charge in [0, 0.05) is 6.54 Å². The second kappa shape index (κ2) is 5.50. The molecule has 0 aromatic rings. The van der Waals surface area contributed by atoms with Crippen LogP contribution in [0.3, 0.4) is 0 Å². The number of hydrogen-bond donors (Lipinski definition) is 1. The Kier molecular flexibility index (Phi) is 3.85. The fourth-order valence-electron chi connectivity index (χ4n) is 3.93. The predicted octanol–water partition coefficient (Wildman–Crippen LogP) is 1.77. The highest BCUT2D eigenvalue weighted by Crippen LogP contribution is 2.41. The molecule has 0 bridgehead atoms. The first-order valence-electron chi connectivity index (χ1n) is 8.41. The predicted molar refractivity (Wildman–Crippen MR) is 85.3 cm³/mol. The van der Waals surface area contributed by atoms with Crippen molar-refractivity contribution in [3.63, 3.8) is 0 Å². The third-order valence-corrected chi connectivity index (χ3v) is 4.95. The molecule has 3 rings (SSSR count). The Labute approximate surface area is 141 Å². The van der Waals surface area contributed by atoms with Gasteiger partial charge in [-0.3, -0.25) is 9.69 Å². The molecule has 0 aromatic carbocycles. The summed E-state index contributed by atoms with van der Waals surface area (Å²) >= 11 is 0. The summed E-state index contributed by atoms with van der Waals surface area (Å²) in [6.45, 7) is 5.77. The van der Waals surface area contributed by atoms with Crippen molar-refractivity contribution in [1.29, 1.82) is 0 Å². The smallest absolute Gasteiger partial charge is 0.411 e. The minimum Gasteiger partial charge on any atom is -0.480 e. The average Bonchev–Trinajstić information content (AvgIpc) is 3.06. The molecule has 7 heteroatoms. The van der Waals surface area contributed by atoms with Crippen LogP contribution in [0.5, 0.6) is 0 Å². The molecule has 0 aromatic heterocycles. The number of carbonyl (C=O) groups is 3. The second-order valence-electron chi connectivity index (χ2n) is 7.73. The molecule has 3 heterocycles. The summed E-state index contributed by atoms with van der Waals surface area (Å²) in [5.41, 5.74) is -1.75. The zero-order valence-electron chi connectivity index (χ0n) is 14.3. The quantitative estimate of drug-likeness (QED) is 0.738. The molecule has 2 saturated heterocycles. The van der Waals surface area contributed by atoms with E-state index in [9.17, 15) is 19.5 Å². The van der Waals surface area contributed by atoms with Crippen LogP contribution in [0.25, 0.3) is 0 Å². The van der Waals surface area contributed by atoms with Crippen molar-refractivity contribution < 1.29 is 24.2 Å². The standard InChI is InChI=1S/C17H24N2O5/c1-16(2,3)24-15(23)18-10-4-8-17(18)9-7-11-5-6-12(13(20)21)19(11)14(17)22/h7,9,11-12H,4-6,8,10H2,1-3H3,(H,20,21)/t11-,12-,17+/m0/s1. The zero-order valence-corrected chi connectivity index (χ0v) is 14.3. The van der Waals surface area contributed by atoms with Gasteiger partial charge in [0.25, 0.3) is 5.91 Å². The minimum absolute atomic E-state index is 0.190. The lowest BCUT2D eigenvalue weighted by Gasteiger charge is -2.43. The van der Waals surface area contributed by atoms with E-state index < -0.39 is 29.2 Å². The Morgan fingerprint density at radius 1 is 1.33 bits per heavy atom. The molecular formula is C17H24N2O5. The van der Waals surface area contributed by atoms with Crippen molar-refractivity contribution in [3.05, 3.63) is 12.2 Å².